The normalized spacial score (nSPS) is 13.0. The molecule has 21 heavy (non-hydrogen) atoms. The molecular formula is C13H13F3N4O. The minimum Gasteiger partial charge on any atom is -0.404 e. The van der Waals surface area contributed by atoms with Gasteiger partial charge >= 0.3 is 6.36 Å². The number of nitrogens with zero attached hydrogens (tertiary/aromatic N) is 3. The van der Waals surface area contributed by atoms with Crippen LogP contribution in [0.5, 0.6) is 5.75 Å². The fourth-order valence-electron chi connectivity index (χ4n) is 1.59. The van der Waals surface area contributed by atoms with Crippen LogP contribution >= 0.6 is 0 Å². The number of hydrogen-bond acceptors (Lipinski definition) is 5. The maximum Gasteiger partial charge on any atom is 0.573 e. The number of halogens is 3. The second-order valence-corrected chi connectivity index (χ2v) is 4.24. The molecule has 1 atom stereocenters. The molecule has 0 aliphatic carbocycles. The lowest BCUT2D eigenvalue weighted by Crippen LogP contribution is -2.21. The molecule has 0 fully saturated rings. The van der Waals surface area contributed by atoms with E-state index in [1.54, 1.807) is 18.5 Å². The SMILES string of the molecule is CC(NCc1ccc(OC(F)(F)F)cn1)c1ncccn1. The molecule has 8 heteroatoms. The van der Waals surface area contributed by atoms with Crippen LogP contribution in [0.2, 0.25) is 0 Å². The largest absolute Gasteiger partial charge is 0.573 e. The van der Waals surface area contributed by atoms with Gasteiger partial charge in [0.1, 0.15) is 11.6 Å². The first-order valence-electron chi connectivity index (χ1n) is 6.15. The highest BCUT2D eigenvalue weighted by molar-refractivity contribution is 5.20. The molecule has 1 N–H and O–H groups in total. The molecule has 5 nitrogen and oxygen atoms in total. The molecule has 2 rings (SSSR count). The van der Waals surface area contributed by atoms with Crippen molar-refractivity contribution in [3.05, 3.63) is 48.3 Å². The highest BCUT2D eigenvalue weighted by Gasteiger charge is 2.31. The Labute approximate surface area is 119 Å². The standard InChI is InChI=1S/C13H13F3N4O/c1-9(12-17-5-2-6-18-12)19-7-10-3-4-11(8-20-10)21-13(14,15)16/h2-6,8-9,19H,7H2,1H3. The van der Waals surface area contributed by atoms with Gasteiger partial charge in [-0.2, -0.15) is 0 Å². The van der Waals surface area contributed by atoms with Crippen molar-refractivity contribution >= 4 is 0 Å². The lowest BCUT2D eigenvalue weighted by atomic mass is 10.3. The first kappa shape index (κ1) is 15.2. The molecule has 112 valence electrons. The van der Waals surface area contributed by atoms with Crippen molar-refractivity contribution in [2.24, 2.45) is 0 Å². The zero-order valence-electron chi connectivity index (χ0n) is 11.1. The van der Waals surface area contributed by atoms with Crippen molar-refractivity contribution in [1.29, 1.82) is 0 Å². The Bertz CT molecular complexity index is 560. The molecule has 0 aliphatic heterocycles. The Balaban J connectivity index is 1.89. The molecule has 0 saturated heterocycles. The number of ether oxygens (including phenoxy) is 1. The number of alkyl halides is 3. The van der Waals surface area contributed by atoms with Crippen molar-refractivity contribution in [2.75, 3.05) is 0 Å². The summed E-state index contributed by atoms with van der Waals surface area (Å²) in [5.41, 5.74) is 0.590. The van der Waals surface area contributed by atoms with E-state index >= 15 is 0 Å². The average Bonchev–Trinajstić information content (AvgIpc) is 2.45. The monoisotopic (exact) mass is 298 g/mol. The molecule has 0 aliphatic rings. The number of hydrogen-bond donors (Lipinski definition) is 1. The van der Waals surface area contributed by atoms with E-state index in [2.05, 4.69) is 25.0 Å². The maximum absolute atomic E-state index is 12.0. The molecular weight excluding hydrogens is 285 g/mol. The Hall–Kier alpha value is -2.22. The van der Waals surface area contributed by atoms with Gasteiger partial charge in [-0.3, -0.25) is 4.98 Å². The van der Waals surface area contributed by atoms with E-state index in [9.17, 15) is 13.2 Å². The minimum atomic E-state index is -4.71. The average molecular weight is 298 g/mol. The zero-order valence-corrected chi connectivity index (χ0v) is 11.1. The van der Waals surface area contributed by atoms with Crippen LogP contribution in [-0.4, -0.2) is 21.3 Å². The fourth-order valence-corrected chi connectivity index (χ4v) is 1.59. The molecule has 1 unspecified atom stereocenters. The van der Waals surface area contributed by atoms with Gasteiger partial charge in [-0.15, -0.1) is 13.2 Å². The van der Waals surface area contributed by atoms with Crippen molar-refractivity contribution in [3.63, 3.8) is 0 Å². The predicted octanol–water partition coefficient (Wildman–Crippen LogP) is 2.62. The van der Waals surface area contributed by atoms with E-state index in [0.29, 0.717) is 18.1 Å². The van der Waals surface area contributed by atoms with E-state index in [1.165, 1.54) is 12.1 Å². The van der Waals surface area contributed by atoms with Crippen molar-refractivity contribution in [2.45, 2.75) is 25.9 Å². The van der Waals surface area contributed by atoms with E-state index in [0.717, 1.165) is 6.20 Å². The van der Waals surface area contributed by atoms with Gasteiger partial charge in [0.15, 0.2) is 0 Å². The molecule has 0 radical (unpaired) electrons. The summed E-state index contributed by atoms with van der Waals surface area (Å²) in [4.78, 5) is 12.1. The van der Waals surface area contributed by atoms with Gasteiger partial charge in [0.2, 0.25) is 0 Å². The van der Waals surface area contributed by atoms with Crippen LogP contribution in [0.3, 0.4) is 0 Å². The summed E-state index contributed by atoms with van der Waals surface area (Å²) >= 11 is 0. The van der Waals surface area contributed by atoms with E-state index in [-0.39, 0.29) is 11.8 Å². The first-order valence-corrected chi connectivity index (χ1v) is 6.15. The summed E-state index contributed by atoms with van der Waals surface area (Å²) < 4.78 is 39.8. The second kappa shape index (κ2) is 6.49. The third kappa shape index (κ3) is 4.99. The minimum absolute atomic E-state index is 0.0981. The summed E-state index contributed by atoms with van der Waals surface area (Å²) in [6, 6.07) is 4.31. The molecule has 0 aromatic carbocycles. The lowest BCUT2D eigenvalue weighted by Gasteiger charge is -2.12. The highest BCUT2D eigenvalue weighted by Crippen LogP contribution is 2.21. The zero-order chi connectivity index (χ0) is 15.3. The quantitative estimate of drug-likeness (QED) is 0.919. The Morgan fingerprint density at radius 3 is 2.48 bits per heavy atom. The van der Waals surface area contributed by atoms with Gasteiger partial charge in [0.25, 0.3) is 0 Å². The summed E-state index contributed by atoms with van der Waals surface area (Å²) in [7, 11) is 0. The van der Waals surface area contributed by atoms with Crippen LogP contribution in [-0.2, 0) is 6.54 Å². The van der Waals surface area contributed by atoms with E-state index in [4.69, 9.17) is 0 Å². The predicted molar refractivity (Wildman–Crippen MR) is 68.2 cm³/mol. The van der Waals surface area contributed by atoms with Crippen LogP contribution < -0.4 is 10.1 Å². The molecule has 2 heterocycles. The number of rotatable bonds is 5. The van der Waals surface area contributed by atoms with Crippen LogP contribution in [0, 0.1) is 0 Å². The topological polar surface area (TPSA) is 59.9 Å². The fraction of sp³-hybridized carbons (Fsp3) is 0.308. The Morgan fingerprint density at radius 2 is 1.90 bits per heavy atom. The van der Waals surface area contributed by atoms with Gasteiger partial charge in [0, 0.05) is 18.9 Å². The molecule has 0 saturated carbocycles. The van der Waals surface area contributed by atoms with Gasteiger partial charge < -0.3 is 10.1 Å². The van der Waals surface area contributed by atoms with Crippen LogP contribution in [0.4, 0.5) is 13.2 Å². The van der Waals surface area contributed by atoms with Gasteiger partial charge in [-0.05, 0) is 25.1 Å². The van der Waals surface area contributed by atoms with Crippen LogP contribution in [0.1, 0.15) is 24.5 Å². The third-order valence-electron chi connectivity index (χ3n) is 2.59. The molecule has 0 bridgehead atoms. The summed E-state index contributed by atoms with van der Waals surface area (Å²) in [5.74, 6) is 0.292. The van der Waals surface area contributed by atoms with Crippen molar-refractivity contribution < 1.29 is 17.9 Å². The molecule has 0 spiro atoms. The second-order valence-electron chi connectivity index (χ2n) is 4.24. The van der Waals surface area contributed by atoms with Gasteiger partial charge in [-0.1, -0.05) is 0 Å². The third-order valence-corrected chi connectivity index (χ3v) is 2.59. The molecule has 0 amide bonds. The van der Waals surface area contributed by atoms with Crippen LogP contribution in [0.15, 0.2) is 36.8 Å². The van der Waals surface area contributed by atoms with E-state index < -0.39 is 6.36 Å². The maximum atomic E-state index is 12.0. The Morgan fingerprint density at radius 1 is 1.19 bits per heavy atom. The van der Waals surface area contributed by atoms with Gasteiger partial charge in [-0.25, -0.2) is 9.97 Å². The number of pyridine rings is 1. The van der Waals surface area contributed by atoms with Crippen molar-refractivity contribution in [3.8, 4) is 5.75 Å². The summed E-state index contributed by atoms with van der Waals surface area (Å²) in [5, 5.41) is 3.13. The number of nitrogens with one attached hydrogen (secondary N) is 1. The van der Waals surface area contributed by atoms with Crippen molar-refractivity contribution in [1.82, 2.24) is 20.3 Å². The lowest BCUT2D eigenvalue weighted by molar-refractivity contribution is -0.274. The van der Waals surface area contributed by atoms with Crippen LogP contribution in [0.25, 0.3) is 0 Å². The first-order chi connectivity index (χ1) is 9.94. The Kier molecular flexibility index (Phi) is 4.69. The highest BCUT2D eigenvalue weighted by atomic mass is 19.4. The molecule has 2 aromatic heterocycles. The number of aromatic nitrogens is 3. The summed E-state index contributed by atoms with van der Waals surface area (Å²) in [6.07, 6.45) is -0.390. The smallest absolute Gasteiger partial charge is 0.404 e. The summed E-state index contributed by atoms with van der Waals surface area (Å²) in [6.45, 7) is 2.27. The molecule has 2 aromatic rings. The van der Waals surface area contributed by atoms with E-state index in [1.807, 2.05) is 6.92 Å². The van der Waals surface area contributed by atoms with Gasteiger partial charge in [0.05, 0.1) is 17.9 Å².